The smallest absolute Gasteiger partial charge is 0.418 e. The van der Waals surface area contributed by atoms with Crippen LogP contribution in [0.3, 0.4) is 0 Å². The van der Waals surface area contributed by atoms with Gasteiger partial charge in [0, 0.05) is 6.20 Å². The van der Waals surface area contributed by atoms with Crippen LogP contribution in [0.15, 0.2) is 36.7 Å². The lowest BCUT2D eigenvalue weighted by Crippen LogP contribution is -2.23. The Morgan fingerprint density at radius 2 is 2.05 bits per heavy atom. The minimum atomic E-state index is -4.52. The molecule has 0 amide bonds. The predicted molar refractivity (Wildman–Crippen MR) is 67.6 cm³/mol. The molecule has 2 aromatic rings. The maximum atomic E-state index is 12.9. The number of alkyl halides is 3. The Labute approximate surface area is 118 Å². The molecule has 2 rings (SSSR count). The van der Waals surface area contributed by atoms with Gasteiger partial charge in [0.15, 0.2) is 0 Å². The number of para-hydroxylation sites is 1. The standard InChI is InChI=1S/C13H12F3N3O2/c1-8(17)21-12(20)9-6-18-19(7-9)11-5-3-2-4-10(11)13(14,15)16/h2-8H,17H2,1H3. The maximum Gasteiger partial charge on any atom is 0.418 e. The number of aromatic nitrogens is 2. The molecule has 112 valence electrons. The van der Waals surface area contributed by atoms with Gasteiger partial charge < -0.3 is 4.74 Å². The van der Waals surface area contributed by atoms with Crippen LogP contribution in [0.25, 0.3) is 5.69 Å². The molecule has 0 aliphatic heterocycles. The minimum absolute atomic E-state index is 0.0178. The van der Waals surface area contributed by atoms with Crippen molar-refractivity contribution in [3.63, 3.8) is 0 Å². The Hall–Kier alpha value is -2.35. The zero-order chi connectivity index (χ0) is 15.6. The molecule has 2 N–H and O–H groups in total. The summed E-state index contributed by atoms with van der Waals surface area (Å²) in [6.07, 6.45) is -3.05. The van der Waals surface area contributed by atoms with Gasteiger partial charge in [0.2, 0.25) is 0 Å². The third-order valence-electron chi connectivity index (χ3n) is 2.57. The monoisotopic (exact) mass is 299 g/mol. The number of halogens is 3. The largest absolute Gasteiger partial charge is 0.443 e. The Morgan fingerprint density at radius 1 is 1.38 bits per heavy atom. The van der Waals surface area contributed by atoms with E-state index in [9.17, 15) is 18.0 Å². The van der Waals surface area contributed by atoms with Crippen LogP contribution in [0.2, 0.25) is 0 Å². The van der Waals surface area contributed by atoms with Crippen LogP contribution in [0.4, 0.5) is 13.2 Å². The summed E-state index contributed by atoms with van der Waals surface area (Å²) in [6.45, 7) is 1.46. The highest BCUT2D eigenvalue weighted by atomic mass is 19.4. The van der Waals surface area contributed by atoms with Gasteiger partial charge in [0.05, 0.1) is 23.0 Å². The van der Waals surface area contributed by atoms with Crippen molar-refractivity contribution in [3.05, 3.63) is 47.8 Å². The third kappa shape index (κ3) is 3.40. The average molecular weight is 299 g/mol. The summed E-state index contributed by atoms with van der Waals surface area (Å²) in [5, 5.41) is 3.76. The molecule has 0 aliphatic rings. The summed E-state index contributed by atoms with van der Waals surface area (Å²) in [5.41, 5.74) is 4.31. The second kappa shape index (κ2) is 5.57. The molecule has 0 radical (unpaired) electrons. The molecule has 0 bridgehead atoms. The summed E-state index contributed by atoms with van der Waals surface area (Å²) in [4.78, 5) is 11.6. The first kappa shape index (κ1) is 15.0. The summed E-state index contributed by atoms with van der Waals surface area (Å²) in [6, 6.07) is 4.93. The summed E-state index contributed by atoms with van der Waals surface area (Å²) in [7, 11) is 0. The Bertz CT molecular complexity index is 650. The normalized spacial score (nSPS) is 13.0. The molecule has 1 aromatic heterocycles. The minimum Gasteiger partial charge on any atom is -0.443 e. The number of nitrogens with two attached hydrogens (primary N) is 1. The second-order valence-corrected chi connectivity index (χ2v) is 4.30. The molecule has 1 unspecified atom stereocenters. The zero-order valence-electron chi connectivity index (χ0n) is 11.0. The van der Waals surface area contributed by atoms with Crippen molar-refractivity contribution in [1.29, 1.82) is 0 Å². The van der Waals surface area contributed by atoms with Crippen LogP contribution in [0.5, 0.6) is 0 Å². The number of nitrogens with zero attached hydrogens (tertiary/aromatic N) is 2. The number of hydrogen-bond donors (Lipinski definition) is 1. The topological polar surface area (TPSA) is 70.1 Å². The lowest BCUT2D eigenvalue weighted by Gasteiger charge is -2.12. The van der Waals surface area contributed by atoms with Crippen molar-refractivity contribution in [1.82, 2.24) is 9.78 Å². The van der Waals surface area contributed by atoms with E-state index in [0.717, 1.165) is 23.1 Å². The lowest BCUT2D eigenvalue weighted by atomic mass is 10.1. The van der Waals surface area contributed by atoms with Gasteiger partial charge in [0.1, 0.15) is 6.23 Å². The summed E-state index contributed by atoms with van der Waals surface area (Å²) < 4.78 is 44.5. The Balaban J connectivity index is 2.37. The molecule has 0 fully saturated rings. The van der Waals surface area contributed by atoms with Crippen molar-refractivity contribution in [2.24, 2.45) is 5.73 Å². The van der Waals surface area contributed by atoms with Crippen LogP contribution in [-0.4, -0.2) is 22.0 Å². The van der Waals surface area contributed by atoms with E-state index >= 15 is 0 Å². The van der Waals surface area contributed by atoms with Gasteiger partial charge in [-0.15, -0.1) is 0 Å². The number of esters is 1. The quantitative estimate of drug-likeness (QED) is 0.697. The van der Waals surface area contributed by atoms with Gasteiger partial charge >= 0.3 is 12.1 Å². The highest BCUT2D eigenvalue weighted by Gasteiger charge is 2.34. The van der Waals surface area contributed by atoms with Gasteiger partial charge in [-0.25, -0.2) is 9.48 Å². The van der Waals surface area contributed by atoms with Gasteiger partial charge in [0.25, 0.3) is 0 Å². The number of carbonyl (C=O) groups excluding carboxylic acids is 1. The number of ether oxygens (including phenoxy) is 1. The third-order valence-corrected chi connectivity index (χ3v) is 2.57. The van der Waals surface area contributed by atoms with E-state index < -0.39 is 23.9 Å². The van der Waals surface area contributed by atoms with Gasteiger partial charge in [-0.05, 0) is 19.1 Å². The molecule has 1 aromatic carbocycles. The van der Waals surface area contributed by atoms with Crippen LogP contribution in [-0.2, 0) is 10.9 Å². The number of rotatable bonds is 3. The Kier molecular flexibility index (Phi) is 3.99. The van der Waals surface area contributed by atoms with Gasteiger partial charge in [-0.1, -0.05) is 12.1 Å². The molecular weight excluding hydrogens is 287 g/mol. The van der Waals surface area contributed by atoms with Crippen LogP contribution >= 0.6 is 0 Å². The van der Waals surface area contributed by atoms with Crippen molar-refractivity contribution < 1.29 is 22.7 Å². The molecule has 0 aliphatic carbocycles. The van der Waals surface area contributed by atoms with E-state index in [1.165, 1.54) is 25.1 Å². The fraction of sp³-hybridized carbons (Fsp3) is 0.231. The molecule has 8 heteroatoms. The number of hydrogen-bond acceptors (Lipinski definition) is 4. The predicted octanol–water partition coefficient (Wildman–Crippen LogP) is 2.35. The first-order valence-corrected chi connectivity index (χ1v) is 5.97. The molecule has 0 spiro atoms. The molecule has 21 heavy (non-hydrogen) atoms. The lowest BCUT2D eigenvalue weighted by molar-refractivity contribution is -0.137. The van der Waals surface area contributed by atoms with Crippen LogP contribution < -0.4 is 5.73 Å². The van der Waals surface area contributed by atoms with E-state index in [0.29, 0.717) is 0 Å². The Morgan fingerprint density at radius 3 is 2.67 bits per heavy atom. The average Bonchev–Trinajstić information content (AvgIpc) is 2.86. The van der Waals surface area contributed by atoms with E-state index in [1.54, 1.807) is 0 Å². The fourth-order valence-corrected chi connectivity index (χ4v) is 1.71. The molecule has 0 saturated heterocycles. The molecule has 1 heterocycles. The summed E-state index contributed by atoms with van der Waals surface area (Å²) in [5.74, 6) is -0.749. The number of carbonyl (C=O) groups is 1. The van der Waals surface area contributed by atoms with Gasteiger partial charge in [-0.2, -0.15) is 18.3 Å². The molecule has 5 nitrogen and oxygen atoms in total. The SMILES string of the molecule is CC(N)OC(=O)c1cnn(-c2ccccc2C(F)(F)F)c1. The van der Waals surface area contributed by atoms with E-state index in [2.05, 4.69) is 5.10 Å². The zero-order valence-corrected chi connectivity index (χ0v) is 11.0. The first-order chi connectivity index (χ1) is 9.79. The van der Waals surface area contributed by atoms with Crippen molar-refractivity contribution in [2.75, 3.05) is 0 Å². The molecule has 0 saturated carbocycles. The highest BCUT2D eigenvalue weighted by molar-refractivity contribution is 5.89. The van der Waals surface area contributed by atoms with E-state index in [-0.39, 0.29) is 11.3 Å². The van der Waals surface area contributed by atoms with Crippen LogP contribution in [0, 0.1) is 0 Å². The molecule has 1 atom stereocenters. The van der Waals surface area contributed by atoms with Crippen molar-refractivity contribution in [3.8, 4) is 5.69 Å². The van der Waals surface area contributed by atoms with Crippen molar-refractivity contribution in [2.45, 2.75) is 19.3 Å². The van der Waals surface area contributed by atoms with Crippen molar-refractivity contribution >= 4 is 5.97 Å². The second-order valence-electron chi connectivity index (χ2n) is 4.30. The van der Waals surface area contributed by atoms with E-state index in [4.69, 9.17) is 10.5 Å². The highest BCUT2D eigenvalue weighted by Crippen LogP contribution is 2.33. The van der Waals surface area contributed by atoms with E-state index in [1.807, 2.05) is 0 Å². The number of benzene rings is 1. The maximum absolute atomic E-state index is 12.9. The van der Waals surface area contributed by atoms with Crippen LogP contribution in [0.1, 0.15) is 22.8 Å². The molecular formula is C13H12F3N3O2. The van der Waals surface area contributed by atoms with Gasteiger partial charge in [-0.3, -0.25) is 5.73 Å². The summed E-state index contributed by atoms with van der Waals surface area (Å²) >= 11 is 0. The fourth-order valence-electron chi connectivity index (χ4n) is 1.71. The first-order valence-electron chi connectivity index (χ1n) is 5.97.